The van der Waals surface area contributed by atoms with Crippen molar-refractivity contribution in [3.8, 4) is 0 Å². The van der Waals surface area contributed by atoms with Gasteiger partial charge in [0.05, 0.1) is 18.8 Å². The van der Waals surface area contributed by atoms with E-state index in [1.807, 2.05) is 12.2 Å². The first-order chi connectivity index (χ1) is 8.10. The second kappa shape index (κ2) is 4.82. The maximum Gasteiger partial charge on any atom is 0.307 e. The molecule has 94 valence electrons. The van der Waals surface area contributed by atoms with Gasteiger partial charge in [-0.2, -0.15) is 0 Å². The number of halogens is 1. The van der Waals surface area contributed by atoms with E-state index in [0.29, 0.717) is 6.42 Å². The van der Waals surface area contributed by atoms with E-state index in [1.165, 1.54) is 0 Å². The summed E-state index contributed by atoms with van der Waals surface area (Å²) in [6.07, 6.45) is 4.48. The molecule has 1 saturated carbocycles. The molecule has 0 aromatic heterocycles. The zero-order chi connectivity index (χ0) is 12.6. The van der Waals surface area contributed by atoms with Crippen LogP contribution < -0.4 is 0 Å². The number of aliphatic hydroxyl groups is 1. The van der Waals surface area contributed by atoms with Gasteiger partial charge in [-0.3, -0.25) is 4.79 Å². The molecule has 2 N–H and O–H groups in total. The topological polar surface area (TPSA) is 66.8 Å². The van der Waals surface area contributed by atoms with Gasteiger partial charge in [-0.25, -0.2) is 0 Å². The first-order valence-corrected chi connectivity index (χ1v) is 6.33. The Balaban J connectivity index is 2.12. The molecule has 0 aromatic rings. The van der Waals surface area contributed by atoms with Crippen LogP contribution in [0.15, 0.2) is 22.4 Å². The molecule has 4 atom stereocenters. The van der Waals surface area contributed by atoms with Crippen LogP contribution >= 0.6 is 15.9 Å². The van der Waals surface area contributed by atoms with Crippen molar-refractivity contribution in [2.75, 3.05) is 13.7 Å². The highest BCUT2D eigenvalue weighted by atomic mass is 79.9. The van der Waals surface area contributed by atoms with Crippen LogP contribution in [0.3, 0.4) is 0 Å². The van der Waals surface area contributed by atoms with Gasteiger partial charge < -0.3 is 14.9 Å². The van der Waals surface area contributed by atoms with Crippen LogP contribution in [-0.2, 0) is 9.53 Å². The Morgan fingerprint density at radius 1 is 1.59 bits per heavy atom. The molecule has 0 saturated heterocycles. The minimum atomic E-state index is -0.817. The number of aliphatic hydroxyl groups excluding tert-OH is 1. The van der Waals surface area contributed by atoms with Gasteiger partial charge in [-0.05, 0) is 28.5 Å². The molecule has 2 aliphatic rings. The number of methoxy groups -OCH3 is 1. The zero-order valence-electron chi connectivity index (χ0n) is 9.47. The van der Waals surface area contributed by atoms with Crippen LogP contribution in [-0.4, -0.2) is 29.9 Å². The average Bonchev–Trinajstić information content (AvgIpc) is 3.04. The molecule has 0 bridgehead atoms. The first kappa shape index (κ1) is 12.6. The Labute approximate surface area is 108 Å². The second-order valence-corrected chi connectivity index (χ2v) is 5.40. The number of allylic oxidation sites excluding steroid dienone is 4. The number of carbonyl (C=O) groups is 1. The number of carboxylic acids is 1. The molecule has 0 spiro atoms. The first-order valence-electron chi connectivity index (χ1n) is 5.54. The summed E-state index contributed by atoms with van der Waals surface area (Å²) in [5, 5.41) is 18.3. The summed E-state index contributed by atoms with van der Waals surface area (Å²) in [4.78, 5) is 11.0. The van der Waals surface area contributed by atoms with Crippen LogP contribution in [0.2, 0.25) is 0 Å². The van der Waals surface area contributed by atoms with Crippen molar-refractivity contribution in [2.45, 2.75) is 6.42 Å². The number of rotatable bonds is 4. The lowest BCUT2D eigenvalue weighted by Gasteiger charge is -2.21. The van der Waals surface area contributed by atoms with Crippen LogP contribution in [0, 0.1) is 23.7 Å². The quantitative estimate of drug-likeness (QED) is 0.830. The predicted octanol–water partition coefficient (Wildman–Crippen LogP) is 1.75. The van der Waals surface area contributed by atoms with Gasteiger partial charge in [0.1, 0.15) is 0 Å². The van der Waals surface area contributed by atoms with E-state index in [-0.39, 0.29) is 24.4 Å². The Bertz CT molecular complexity index is 388. The summed E-state index contributed by atoms with van der Waals surface area (Å²) in [6.45, 7) is -0.0650. The highest BCUT2D eigenvalue weighted by Crippen LogP contribution is 2.56. The Morgan fingerprint density at radius 3 is 2.76 bits per heavy atom. The van der Waals surface area contributed by atoms with Gasteiger partial charge in [0.25, 0.3) is 0 Å². The summed E-state index contributed by atoms with van der Waals surface area (Å²) in [6, 6.07) is 0. The average molecular weight is 303 g/mol. The van der Waals surface area contributed by atoms with Gasteiger partial charge in [0, 0.05) is 18.9 Å². The van der Waals surface area contributed by atoms with E-state index in [1.54, 1.807) is 7.11 Å². The van der Waals surface area contributed by atoms with Crippen molar-refractivity contribution in [1.29, 1.82) is 0 Å². The monoisotopic (exact) mass is 302 g/mol. The molecule has 5 heteroatoms. The molecule has 1 fully saturated rings. The summed E-state index contributed by atoms with van der Waals surface area (Å²) >= 11 is 3.47. The van der Waals surface area contributed by atoms with E-state index < -0.39 is 11.9 Å². The third kappa shape index (κ3) is 2.26. The second-order valence-electron chi connectivity index (χ2n) is 4.49. The lowest BCUT2D eigenvalue weighted by atomic mass is 9.92. The van der Waals surface area contributed by atoms with Gasteiger partial charge in [0.15, 0.2) is 0 Å². The number of carboxylic acid groups (broad SMARTS) is 1. The molecule has 0 aliphatic heterocycles. The van der Waals surface area contributed by atoms with Gasteiger partial charge in [-0.15, -0.1) is 0 Å². The molecule has 2 rings (SSSR count). The molecule has 0 heterocycles. The van der Waals surface area contributed by atoms with Crippen molar-refractivity contribution < 1.29 is 19.7 Å². The maximum atomic E-state index is 11.0. The normalized spacial score (nSPS) is 35.9. The van der Waals surface area contributed by atoms with Crippen LogP contribution in [0.1, 0.15) is 6.42 Å². The smallest absolute Gasteiger partial charge is 0.307 e. The molecule has 0 radical (unpaired) electrons. The maximum absolute atomic E-state index is 11.0. The minimum Gasteiger partial charge on any atom is -0.501 e. The summed E-state index contributed by atoms with van der Waals surface area (Å²) in [5.41, 5.74) is 0. The highest BCUT2D eigenvalue weighted by molar-refractivity contribution is 9.11. The molecule has 0 aromatic carbocycles. The van der Waals surface area contributed by atoms with Crippen LogP contribution in [0.4, 0.5) is 0 Å². The number of hydrogen-bond acceptors (Lipinski definition) is 3. The molecular formula is C12H15BrO4. The molecule has 4 nitrogen and oxygen atoms in total. The lowest BCUT2D eigenvalue weighted by Crippen LogP contribution is -2.13. The van der Waals surface area contributed by atoms with E-state index >= 15 is 0 Å². The van der Waals surface area contributed by atoms with Crippen LogP contribution in [0.25, 0.3) is 0 Å². The molecular weight excluding hydrogens is 288 g/mol. The fourth-order valence-corrected chi connectivity index (χ4v) is 3.28. The minimum absolute atomic E-state index is 0.00183. The predicted molar refractivity (Wildman–Crippen MR) is 65.4 cm³/mol. The SMILES string of the molecule is COC1=CC=C(Br)C(C2C(CO)C2C(=O)O)C1. The van der Waals surface area contributed by atoms with Crippen molar-refractivity contribution in [2.24, 2.45) is 23.7 Å². The fourth-order valence-electron chi connectivity index (χ4n) is 2.68. The van der Waals surface area contributed by atoms with Crippen molar-refractivity contribution >= 4 is 21.9 Å². The number of aliphatic carboxylic acids is 1. The fraction of sp³-hybridized carbons (Fsp3) is 0.583. The highest BCUT2D eigenvalue weighted by Gasteiger charge is 2.58. The Morgan fingerprint density at radius 2 is 2.29 bits per heavy atom. The largest absolute Gasteiger partial charge is 0.501 e. The van der Waals surface area contributed by atoms with E-state index in [2.05, 4.69) is 15.9 Å². The van der Waals surface area contributed by atoms with Crippen molar-refractivity contribution in [1.82, 2.24) is 0 Å². The summed E-state index contributed by atoms with van der Waals surface area (Å²) in [7, 11) is 1.61. The summed E-state index contributed by atoms with van der Waals surface area (Å²) < 4.78 is 6.19. The molecule has 17 heavy (non-hydrogen) atoms. The summed E-state index contributed by atoms with van der Waals surface area (Å²) in [5.74, 6) is -0.416. The van der Waals surface area contributed by atoms with Crippen molar-refractivity contribution in [3.63, 3.8) is 0 Å². The number of hydrogen-bond donors (Lipinski definition) is 2. The van der Waals surface area contributed by atoms with Gasteiger partial charge in [-0.1, -0.05) is 15.9 Å². The molecule has 2 aliphatic carbocycles. The Hall–Kier alpha value is -0.810. The van der Waals surface area contributed by atoms with Gasteiger partial charge >= 0.3 is 5.97 Å². The zero-order valence-corrected chi connectivity index (χ0v) is 11.1. The third-order valence-corrected chi connectivity index (χ3v) is 4.51. The van der Waals surface area contributed by atoms with Crippen LogP contribution in [0.5, 0.6) is 0 Å². The molecule has 4 unspecified atom stereocenters. The Kier molecular flexibility index (Phi) is 3.58. The lowest BCUT2D eigenvalue weighted by molar-refractivity contribution is -0.139. The van der Waals surface area contributed by atoms with E-state index in [9.17, 15) is 9.90 Å². The van der Waals surface area contributed by atoms with E-state index in [0.717, 1.165) is 10.2 Å². The third-order valence-electron chi connectivity index (χ3n) is 3.66. The molecule has 0 amide bonds. The van der Waals surface area contributed by atoms with E-state index in [4.69, 9.17) is 9.84 Å². The van der Waals surface area contributed by atoms with Crippen molar-refractivity contribution in [3.05, 3.63) is 22.4 Å². The standard InChI is InChI=1S/C12H15BrO4/c1-17-6-2-3-9(13)7(4-6)10-8(5-14)11(10)12(15)16/h2-3,7-8,10-11,14H,4-5H2,1H3,(H,15,16). The van der Waals surface area contributed by atoms with Gasteiger partial charge in [0.2, 0.25) is 0 Å². The number of ether oxygens (including phenoxy) is 1.